The lowest BCUT2D eigenvalue weighted by Crippen LogP contribution is -1.98. The second kappa shape index (κ2) is 5.97. The second-order valence-electron chi connectivity index (χ2n) is 2.72. The third-order valence-corrected chi connectivity index (χ3v) is 1.89. The van der Waals surface area contributed by atoms with Crippen LogP contribution in [0, 0.1) is 0 Å². The lowest BCUT2D eigenvalue weighted by Gasteiger charge is -2.10. The fourth-order valence-corrected chi connectivity index (χ4v) is 1.05. The molecule has 0 atom stereocenters. The predicted molar refractivity (Wildman–Crippen MR) is 55.3 cm³/mol. The van der Waals surface area contributed by atoms with Crippen molar-refractivity contribution in [1.29, 1.82) is 0 Å². The van der Waals surface area contributed by atoms with Crippen LogP contribution in [0.4, 0.5) is 0 Å². The molecule has 0 aromatic heterocycles. The largest absolute Gasteiger partial charge is 0.663 e. The van der Waals surface area contributed by atoms with Crippen LogP contribution in [0.3, 0.4) is 0 Å². The molecule has 0 heterocycles. The van der Waals surface area contributed by atoms with Crippen LogP contribution in [0.2, 0.25) is 5.02 Å². The van der Waals surface area contributed by atoms with Gasteiger partial charge in [-0.3, -0.25) is 0 Å². The van der Waals surface area contributed by atoms with Gasteiger partial charge in [-0.05, 0) is 17.7 Å². The summed E-state index contributed by atoms with van der Waals surface area (Å²) in [4.78, 5) is 0. The lowest BCUT2D eigenvalue weighted by molar-refractivity contribution is 0.131. The van der Waals surface area contributed by atoms with Crippen molar-refractivity contribution in [2.45, 2.75) is 6.61 Å². The van der Waals surface area contributed by atoms with Crippen LogP contribution < -0.4 is 0 Å². The molecule has 0 spiro atoms. The Morgan fingerprint density at radius 1 is 1.31 bits per heavy atom. The highest BCUT2D eigenvalue weighted by Gasteiger charge is 1.91. The summed E-state index contributed by atoms with van der Waals surface area (Å²) in [6.07, 6.45) is 0. The van der Waals surface area contributed by atoms with E-state index < -0.39 is 0 Å². The van der Waals surface area contributed by atoms with Crippen LogP contribution in [0.25, 0.3) is 5.32 Å². The Bertz CT molecular complexity index is 235. The second-order valence-corrected chi connectivity index (χ2v) is 3.16. The van der Waals surface area contributed by atoms with E-state index in [9.17, 15) is 0 Å². The summed E-state index contributed by atoms with van der Waals surface area (Å²) >= 11 is 5.74. The smallest absolute Gasteiger partial charge is 0.0716 e. The molecule has 0 fully saturated rings. The average molecular weight is 199 g/mol. The van der Waals surface area contributed by atoms with Gasteiger partial charge >= 0.3 is 0 Å². The Kier molecular flexibility index (Phi) is 4.83. The predicted octanol–water partition coefficient (Wildman–Crippen LogP) is 2.86. The van der Waals surface area contributed by atoms with Gasteiger partial charge in [-0.1, -0.05) is 23.7 Å². The summed E-state index contributed by atoms with van der Waals surface area (Å²) in [6.45, 7) is 2.07. The number of nitrogens with zero attached hydrogens (tertiary/aromatic N) is 1. The summed E-state index contributed by atoms with van der Waals surface area (Å²) in [7, 11) is 1.78. The van der Waals surface area contributed by atoms with Gasteiger partial charge < -0.3 is 10.1 Å². The first-order valence-corrected chi connectivity index (χ1v) is 4.58. The quantitative estimate of drug-likeness (QED) is 0.668. The number of ether oxygens (including phenoxy) is 1. The first kappa shape index (κ1) is 10.5. The summed E-state index contributed by atoms with van der Waals surface area (Å²) in [5.41, 5.74) is 1.14. The van der Waals surface area contributed by atoms with Gasteiger partial charge in [0.05, 0.1) is 6.61 Å². The molecule has 13 heavy (non-hydrogen) atoms. The van der Waals surface area contributed by atoms with Crippen LogP contribution >= 0.6 is 11.6 Å². The average Bonchev–Trinajstić information content (AvgIpc) is 2.15. The van der Waals surface area contributed by atoms with E-state index in [2.05, 4.69) is 5.32 Å². The molecule has 0 aliphatic rings. The maximum atomic E-state index is 5.74. The molecule has 1 aromatic rings. The lowest BCUT2D eigenvalue weighted by atomic mass is 10.2. The van der Waals surface area contributed by atoms with Gasteiger partial charge in [0.15, 0.2) is 0 Å². The van der Waals surface area contributed by atoms with Crippen molar-refractivity contribution in [1.82, 2.24) is 0 Å². The van der Waals surface area contributed by atoms with Crippen LogP contribution in [0.5, 0.6) is 0 Å². The van der Waals surface area contributed by atoms with Gasteiger partial charge in [0.25, 0.3) is 0 Å². The molecule has 0 N–H and O–H groups in total. The number of rotatable bonds is 5. The highest BCUT2D eigenvalue weighted by molar-refractivity contribution is 6.30. The van der Waals surface area contributed by atoms with Crippen molar-refractivity contribution in [3.8, 4) is 0 Å². The van der Waals surface area contributed by atoms with E-state index in [1.807, 2.05) is 24.3 Å². The topological polar surface area (TPSA) is 23.3 Å². The summed E-state index contributed by atoms with van der Waals surface area (Å²) in [6, 6.07) is 7.66. The van der Waals surface area contributed by atoms with Gasteiger partial charge in [0.1, 0.15) is 0 Å². The minimum Gasteiger partial charge on any atom is -0.663 e. The van der Waals surface area contributed by atoms with Gasteiger partial charge in [-0.25, -0.2) is 0 Å². The zero-order valence-corrected chi connectivity index (χ0v) is 8.42. The van der Waals surface area contributed by atoms with Crippen molar-refractivity contribution in [2.75, 3.05) is 20.2 Å². The molecule has 0 aliphatic carbocycles. The van der Waals surface area contributed by atoms with Crippen molar-refractivity contribution >= 4 is 11.6 Å². The molecule has 3 heteroatoms. The van der Waals surface area contributed by atoms with Crippen LogP contribution in [-0.2, 0) is 11.3 Å². The minimum absolute atomic E-state index is 0.632. The molecule has 72 valence electrons. The van der Waals surface area contributed by atoms with Crippen molar-refractivity contribution in [3.05, 3.63) is 40.2 Å². The molecule has 1 aromatic carbocycles. The monoisotopic (exact) mass is 198 g/mol. The number of benzene rings is 1. The van der Waals surface area contributed by atoms with Gasteiger partial charge in [0.2, 0.25) is 0 Å². The molecule has 0 saturated heterocycles. The van der Waals surface area contributed by atoms with Crippen LogP contribution in [0.1, 0.15) is 5.56 Å². The van der Waals surface area contributed by atoms with Crippen molar-refractivity contribution < 1.29 is 4.74 Å². The third-order valence-electron chi connectivity index (χ3n) is 1.64. The fraction of sp³-hybridized carbons (Fsp3) is 0.400. The molecule has 2 nitrogen and oxygen atoms in total. The highest BCUT2D eigenvalue weighted by Crippen LogP contribution is 2.09. The van der Waals surface area contributed by atoms with E-state index in [4.69, 9.17) is 16.3 Å². The maximum absolute atomic E-state index is 5.74. The maximum Gasteiger partial charge on any atom is 0.0716 e. The minimum atomic E-state index is 0.632. The standard InChI is InChI=1S/C10H13ClNO/c1-12-6-7-13-8-9-2-4-10(11)5-3-9/h2-5H,6-8H2,1H3/q-1. The number of hydrogen-bond acceptors (Lipinski definition) is 1. The van der Waals surface area contributed by atoms with E-state index in [1.54, 1.807) is 7.05 Å². The van der Waals surface area contributed by atoms with Crippen LogP contribution in [-0.4, -0.2) is 20.2 Å². The summed E-state index contributed by atoms with van der Waals surface area (Å²) in [5, 5.41) is 4.69. The molecular weight excluding hydrogens is 186 g/mol. The SMILES string of the molecule is C[N-]CCOCc1ccc(Cl)cc1. The van der Waals surface area contributed by atoms with Crippen molar-refractivity contribution in [3.63, 3.8) is 0 Å². The summed E-state index contributed by atoms with van der Waals surface area (Å²) in [5.74, 6) is 0. The van der Waals surface area contributed by atoms with Gasteiger partial charge in [-0.15, -0.1) is 6.54 Å². The Morgan fingerprint density at radius 3 is 2.62 bits per heavy atom. The Labute approximate surface area is 83.9 Å². The molecule has 0 aliphatic heterocycles. The fourth-order valence-electron chi connectivity index (χ4n) is 0.926. The Balaban J connectivity index is 2.25. The Hall–Kier alpha value is -0.570. The van der Waals surface area contributed by atoms with Gasteiger partial charge in [-0.2, -0.15) is 7.05 Å². The third kappa shape index (κ3) is 4.27. The molecular formula is C10H13ClNO-. The van der Waals surface area contributed by atoms with Crippen molar-refractivity contribution in [2.24, 2.45) is 0 Å². The normalized spacial score (nSPS) is 10.3. The molecule has 0 saturated carbocycles. The molecule has 0 amide bonds. The first-order valence-electron chi connectivity index (χ1n) is 4.20. The number of likely N-dealkylation sites (N-methyl/N-ethyl adjacent to an activating group) is 1. The highest BCUT2D eigenvalue weighted by atomic mass is 35.5. The molecule has 0 radical (unpaired) electrons. The zero-order valence-electron chi connectivity index (χ0n) is 7.66. The molecule has 0 bridgehead atoms. The van der Waals surface area contributed by atoms with E-state index in [0.717, 1.165) is 17.1 Å². The van der Waals surface area contributed by atoms with Gasteiger partial charge in [0, 0.05) is 11.6 Å². The molecule has 1 rings (SSSR count). The number of hydrogen-bond donors (Lipinski definition) is 0. The van der Waals surface area contributed by atoms with Crippen LogP contribution in [0.15, 0.2) is 24.3 Å². The van der Waals surface area contributed by atoms with E-state index in [-0.39, 0.29) is 0 Å². The van der Waals surface area contributed by atoms with E-state index >= 15 is 0 Å². The Morgan fingerprint density at radius 2 is 2.00 bits per heavy atom. The van der Waals surface area contributed by atoms with E-state index in [1.165, 1.54) is 0 Å². The van der Waals surface area contributed by atoms with E-state index in [0.29, 0.717) is 13.2 Å². The molecule has 0 unspecified atom stereocenters. The summed E-state index contributed by atoms with van der Waals surface area (Å²) < 4.78 is 5.36. The number of halogens is 1. The zero-order chi connectivity index (χ0) is 9.52. The first-order chi connectivity index (χ1) is 6.33.